The molecule has 1 spiro atoms. The van der Waals surface area contributed by atoms with E-state index in [0.29, 0.717) is 13.2 Å². The zero-order valence-corrected chi connectivity index (χ0v) is 11.5. The van der Waals surface area contributed by atoms with Gasteiger partial charge in [-0.3, -0.25) is 0 Å². The van der Waals surface area contributed by atoms with Crippen LogP contribution >= 0.6 is 0 Å². The summed E-state index contributed by atoms with van der Waals surface area (Å²) in [7, 11) is 1.65. The Morgan fingerprint density at radius 2 is 2.22 bits per heavy atom. The summed E-state index contributed by atoms with van der Waals surface area (Å²) < 4.78 is 16.8. The average molecular weight is 256 g/mol. The molecule has 2 aliphatic rings. The van der Waals surface area contributed by atoms with Crippen LogP contribution in [0.5, 0.6) is 0 Å². The van der Waals surface area contributed by atoms with Gasteiger partial charge in [-0.25, -0.2) is 0 Å². The average Bonchev–Trinajstić information content (AvgIpc) is 3.10. The van der Waals surface area contributed by atoms with Gasteiger partial charge in [-0.15, -0.1) is 0 Å². The lowest BCUT2D eigenvalue weighted by Gasteiger charge is -2.38. The van der Waals surface area contributed by atoms with Gasteiger partial charge < -0.3 is 19.3 Å². The molecule has 0 unspecified atom stereocenters. The largest absolute Gasteiger partial charge is 0.390 e. The molecule has 0 radical (unpaired) electrons. The monoisotopic (exact) mass is 256 g/mol. The number of hydrogen-bond acceptors (Lipinski definition) is 4. The number of epoxide rings is 1. The summed E-state index contributed by atoms with van der Waals surface area (Å²) in [5.74, 6) is 0.136. The number of aliphatic hydroxyl groups is 1. The SMILES string of the molecule is CO[C@@H]1[C@H](O)CC[C@]2(CO2)[C@H]1COCC=C(C)C. The van der Waals surface area contributed by atoms with Crippen molar-refractivity contribution in [1.82, 2.24) is 0 Å². The highest BCUT2D eigenvalue weighted by atomic mass is 16.6. The molecule has 1 N–H and O–H groups in total. The fourth-order valence-corrected chi connectivity index (χ4v) is 2.75. The summed E-state index contributed by atoms with van der Waals surface area (Å²) in [6, 6.07) is 0. The van der Waals surface area contributed by atoms with E-state index in [9.17, 15) is 5.11 Å². The van der Waals surface area contributed by atoms with E-state index in [1.807, 2.05) is 0 Å². The molecular formula is C14H24O4. The first-order chi connectivity index (χ1) is 8.59. The Morgan fingerprint density at radius 3 is 2.78 bits per heavy atom. The molecule has 0 amide bonds. The van der Waals surface area contributed by atoms with Crippen LogP contribution < -0.4 is 0 Å². The van der Waals surface area contributed by atoms with Gasteiger partial charge in [0.2, 0.25) is 0 Å². The molecule has 0 aromatic carbocycles. The van der Waals surface area contributed by atoms with Crippen molar-refractivity contribution in [2.45, 2.75) is 44.5 Å². The minimum absolute atomic E-state index is 0.0924. The molecule has 1 saturated carbocycles. The van der Waals surface area contributed by atoms with Gasteiger partial charge in [-0.05, 0) is 26.7 Å². The zero-order chi connectivity index (χ0) is 13.2. The molecule has 1 heterocycles. The molecule has 104 valence electrons. The summed E-state index contributed by atoms with van der Waals surface area (Å²) >= 11 is 0. The molecule has 18 heavy (non-hydrogen) atoms. The predicted octanol–water partition coefficient (Wildman–Crippen LogP) is 1.52. The second-order valence-corrected chi connectivity index (χ2v) is 5.59. The fourth-order valence-electron chi connectivity index (χ4n) is 2.75. The third-order valence-corrected chi connectivity index (χ3v) is 4.01. The van der Waals surface area contributed by atoms with Gasteiger partial charge >= 0.3 is 0 Å². The normalized spacial score (nSPS) is 38.8. The van der Waals surface area contributed by atoms with E-state index in [1.54, 1.807) is 7.11 Å². The first-order valence-corrected chi connectivity index (χ1v) is 6.65. The van der Waals surface area contributed by atoms with Crippen LogP contribution in [0.4, 0.5) is 0 Å². The summed E-state index contributed by atoms with van der Waals surface area (Å²) in [6.45, 7) is 6.07. The lowest BCUT2D eigenvalue weighted by molar-refractivity contribution is -0.115. The molecule has 2 rings (SSSR count). The molecule has 4 atom stereocenters. The number of hydrogen-bond donors (Lipinski definition) is 1. The smallest absolute Gasteiger partial charge is 0.0993 e. The van der Waals surface area contributed by atoms with Crippen molar-refractivity contribution in [3.8, 4) is 0 Å². The third kappa shape index (κ3) is 2.94. The highest BCUT2D eigenvalue weighted by molar-refractivity contribution is 5.06. The van der Waals surface area contributed by atoms with Crippen LogP contribution in [-0.4, -0.2) is 49.8 Å². The number of methoxy groups -OCH3 is 1. The lowest BCUT2D eigenvalue weighted by atomic mass is 9.76. The Labute approximate surface area is 109 Å². The summed E-state index contributed by atoms with van der Waals surface area (Å²) in [6.07, 6.45) is 3.14. The molecule has 0 bridgehead atoms. The van der Waals surface area contributed by atoms with Crippen molar-refractivity contribution >= 4 is 0 Å². The van der Waals surface area contributed by atoms with Crippen molar-refractivity contribution in [2.24, 2.45) is 5.92 Å². The van der Waals surface area contributed by atoms with Gasteiger partial charge in [0.25, 0.3) is 0 Å². The Kier molecular flexibility index (Phi) is 4.43. The quantitative estimate of drug-likeness (QED) is 0.460. The first kappa shape index (κ1) is 14.0. The van der Waals surface area contributed by atoms with E-state index in [-0.39, 0.29) is 17.6 Å². The molecule has 0 aromatic heterocycles. The Hall–Kier alpha value is -0.420. The van der Waals surface area contributed by atoms with Gasteiger partial charge in [0.05, 0.1) is 37.6 Å². The van der Waals surface area contributed by atoms with E-state index in [0.717, 1.165) is 19.4 Å². The number of ether oxygens (including phenoxy) is 3. The fraction of sp³-hybridized carbons (Fsp3) is 0.857. The van der Waals surface area contributed by atoms with Crippen molar-refractivity contribution in [1.29, 1.82) is 0 Å². The van der Waals surface area contributed by atoms with Crippen molar-refractivity contribution in [3.05, 3.63) is 11.6 Å². The number of rotatable bonds is 5. The van der Waals surface area contributed by atoms with E-state index in [4.69, 9.17) is 14.2 Å². The molecule has 4 heteroatoms. The molecule has 1 aliphatic carbocycles. The second kappa shape index (κ2) is 5.70. The first-order valence-electron chi connectivity index (χ1n) is 6.65. The van der Waals surface area contributed by atoms with E-state index in [1.165, 1.54) is 5.57 Å². The van der Waals surface area contributed by atoms with Crippen molar-refractivity contribution in [3.63, 3.8) is 0 Å². The minimum Gasteiger partial charge on any atom is -0.390 e. The van der Waals surface area contributed by atoms with Crippen LogP contribution in [0.15, 0.2) is 11.6 Å². The van der Waals surface area contributed by atoms with Gasteiger partial charge in [-0.2, -0.15) is 0 Å². The van der Waals surface area contributed by atoms with Crippen LogP contribution in [0.2, 0.25) is 0 Å². The second-order valence-electron chi connectivity index (χ2n) is 5.59. The summed E-state index contributed by atoms with van der Waals surface area (Å²) in [5.41, 5.74) is 1.16. The van der Waals surface area contributed by atoms with Gasteiger partial charge in [0.1, 0.15) is 0 Å². The lowest BCUT2D eigenvalue weighted by Crippen LogP contribution is -2.50. The number of allylic oxidation sites excluding steroid dienone is 1. The van der Waals surface area contributed by atoms with E-state index < -0.39 is 6.10 Å². The standard InChI is InChI=1S/C14H24O4/c1-10(2)5-7-17-8-11-13(16-3)12(15)4-6-14(11)9-18-14/h5,11-13,15H,4,6-9H2,1-3H3/t11-,12+,13-,14-/m0/s1. The zero-order valence-electron chi connectivity index (χ0n) is 11.5. The van der Waals surface area contributed by atoms with Crippen LogP contribution in [0.1, 0.15) is 26.7 Å². The summed E-state index contributed by atoms with van der Waals surface area (Å²) in [4.78, 5) is 0. The Morgan fingerprint density at radius 1 is 1.50 bits per heavy atom. The van der Waals surface area contributed by atoms with E-state index >= 15 is 0 Å². The van der Waals surface area contributed by atoms with Crippen molar-refractivity contribution in [2.75, 3.05) is 26.9 Å². The van der Waals surface area contributed by atoms with Gasteiger partial charge in [-0.1, -0.05) is 11.6 Å². The van der Waals surface area contributed by atoms with Crippen molar-refractivity contribution < 1.29 is 19.3 Å². The van der Waals surface area contributed by atoms with E-state index in [2.05, 4.69) is 19.9 Å². The molecule has 2 fully saturated rings. The molecule has 1 aliphatic heterocycles. The van der Waals surface area contributed by atoms with Crippen LogP contribution in [0.25, 0.3) is 0 Å². The number of aliphatic hydroxyl groups excluding tert-OH is 1. The maximum absolute atomic E-state index is 10.00. The van der Waals surface area contributed by atoms with Crippen LogP contribution in [0.3, 0.4) is 0 Å². The van der Waals surface area contributed by atoms with Gasteiger partial charge in [0, 0.05) is 13.0 Å². The predicted molar refractivity (Wildman–Crippen MR) is 68.5 cm³/mol. The summed E-state index contributed by atoms with van der Waals surface area (Å²) in [5, 5.41) is 10.00. The highest BCUT2D eigenvalue weighted by Crippen LogP contribution is 2.47. The third-order valence-electron chi connectivity index (χ3n) is 4.01. The molecule has 1 saturated heterocycles. The highest BCUT2D eigenvalue weighted by Gasteiger charge is 2.58. The Balaban J connectivity index is 1.91. The van der Waals surface area contributed by atoms with Crippen LogP contribution in [-0.2, 0) is 14.2 Å². The topological polar surface area (TPSA) is 51.2 Å². The molecule has 0 aromatic rings. The maximum Gasteiger partial charge on any atom is 0.0993 e. The maximum atomic E-state index is 10.00. The Bertz CT molecular complexity index is 305. The molecule has 4 nitrogen and oxygen atoms in total. The minimum atomic E-state index is -0.401. The van der Waals surface area contributed by atoms with Gasteiger partial charge in [0.15, 0.2) is 0 Å². The molecular weight excluding hydrogens is 232 g/mol. The van der Waals surface area contributed by atoms with Crippen LogP contribution in [0, 0.1) is 5.92 Å².